The number of benzene rings is 1. The number of nitrogens with one attached hydrogen (secondary N) is 1. The van der Waals surface area contributed by atoms with Crippen molar-refractivity contribution in [1.29, 1.82) is 0 Å². The van der Waals surface area contributed by atoms with Crippen molar-refractivity contribution in [2.45, 2.75) is 12.6 Å². The number of phenols is 1. The van der Waals surface area contributed by atoms with Crippen molar-refractivity contribution < 1.29 is 14.6 Å². The van der Waals surface area contributed by atoms with Gasteiger partial charge in [-0.15, -0.1) is 0 Å². The first-order valence-corrected chi connectivity index (χ1v) is 5.27. The van der Waals surface area contributed by atoms with Crippen LogP contribution in [0.4, 0.5) is 0 Å². The Balaban J connectivity index is 2.32. The van der Waals surface area contributed by atoms with Gasteiger partial charge in [0.2, 0.25) is 0 Å². The Morgan fingerprint density at radius 2 is 2.06 bits per heavy atom. The molecular formula is C12H19NO3. The van der Waals surface area contributed by atoms with Gasteiger partial charge in [-0.3, -0.25) is 0 Å². The summed E-state index contributed by atoms with van der Waals surface area (Å²) >= 11 is 0. The van der Waals surface area contributed by atoms with Gasteiger partial charge in [0.15, 0.2) is 0 Å². The van der Waals surface area contributed by atoms with E-state index in [0.29, 0.717) is 25.4 Å². The Morgan fingerprint density at radius 3 is 2.69 bits per heavy atom. The lowest BCUT2D eigenvalue weighted by atomic mass is 10.2. The molecule has 1 rings (SSSR count). The van der Waals surface area contributed by atoms with Gasteiger partial charge >= 0.3 is 0 Å². The molecular weight excluding hydrogens is 206 g/mol. The summed E-state index contributed by atoms with van der Waals surface area (Å²) in [4.78, 5) is 0. The first-order chi connectivity index (χ1) is 7.77. The number of para-hydroxylation sites is 1. The minimum Gasteiger partial charge on any atom is -0.508 e. The minimum absolute atomic E-state index is 0.0378. The van der Waals surface area contributed by atoms with E-state index >= 15 is 0 Å². The Hall–Kier alpha value is -1.10. The molecule has 0 saturated carbocycles. The van der Waals surface area contributed by atoms with Gasteiger partial charge in [0.25, 0.3) is 0 Å². The summed E-state index contributed by atoms with van der Waals surface area (Å²) in [6, 6.07) is 7.28. The van der Waals surface area contributed by atoms with Crippen LogP contribution in [-0.4, -0.2) is 38.6 Å². The highest BCUT2D eigenvalue weighted by Crippen LogP contribution is 2.14. The highest BCUT2D eigenvalue weighted by atomic mass is 16.5. The molecule has 4 heteroatoms. The third-order valence-corrected chi connectivity index (χ3v) is 2.36. The molecule has 2 N–H and O–H groups in total. The lowest BCUT2D eigenvalue weighted by Gasteiger charge is -2.15. The molecule has 1 aromatic rings. The van der Waals surface area contributed by atoms with Crippen LogP contribution in [0.3, 0.4) is 0 Å². The fourth-order valence-electron chi connectivity index (χ4n) is 1.42. The molecule has 4 nitrogen and oxygen atoms in total. The molecule has 0 aliphatic carbocycles. The van der Waals surface area contributed by atoms with Gasteiger partial charge in [0.1, 0.15) is 5.75 Å². The topological polar surface area (TPSA) is 50.7 Å². The van der Waals surface area contributed by atoms with Crippen molar-refractivity contribution in [2.75, 3.05) is 27.4 Å². The fraction of sp³-hybridized carbons (Fsp3) is 0.500. The lowest BCUT2D eigenvalue weighted by molar-refractivity contribution is 0.0287. The number of rotatable bonds is 7. The van der Waals surface area contributed by atoms with Crippen LogP contribution in [0, 0.1) is 0 Å². The summed E-state index contributed by atoms with van der Waals surface area (Å²) in [5.41, 5.74) is 0.884. The summed E-state index contributed by atoms with van der Waals surface area (Å²) < 4.78 is 10.2. The molecule has 0 saturated heterocycles. The maximum atomic E-state index is 9.54. The quantitative estimate of drug-likeness (QED) is 0.730. The minimum atomic E-state index is 0.0378. The van der Waals surface area contributed by atoms with E-state index < -0.39 is 0 Å². The zero-order chi connectivity index (χ0) is 11.8. The first kappa shape index (κ1) is 13.0. The molecule has 1 atom stereocenters. The van der Waals surface area contributed by atoms with E-state index in [0.717, 1.165) is 5.56 Å². The molecule has 0 spiro atoms. The maximum absolute atomic E-state index is 9.54. The summed E-state index contributed by atoms with van der Waals surface area (Å²) in [6.07, 6.45) is 0.0378. The van der Waals surface area contributed by atoms with Crippen LogP contribution in [-0.2, 0) is 16.0 Å². The summed E-state index contributed by atoms with van der Waals surface area (Å²) in [5, 5.41) is 12.8. The number of ether oxygens (including phenoxy) is 2. The van der Waals surface area contributed by atoms with E-state index in [-0.39, 0.29) is 6.10 Å². The maximum Gasteiger partial charge on any atom is 0.120 e. The SMILES string of the molecule is COCC(CNCc1ccccc1O)OC. The highest BCUT2D eigenvalue weighted by molar-refractivity contribution is 5.31. The van der Waals surface area contributed by atoms with Crippen LogP contribution < -0.4 is 5.32 Å². The van der Waals surface area contributed by atoms with Gasteiger partial charge in [-0.2, -0.15) is 0 Å². The third kappa shape index (κ3) is 4.18. The van der Waals surface area contributed by atoms with Gasteiger partial charge in [-0.1, -0.05) is 18.2 Å². The number of hydrogen-bond donors (Lipinski definition) is 2. The molecule has 1 unspecified atom stereocenters. The molecule has 0 amide bonds. The van der Waals surface area contributed by atoms with E-state index in [4.69, 9.17) is 9.47 Å². The highest BCUT2D eigenvalue weighted by Gasteiger charge is 2.06. The first-order valence-electron chi connectivity index (χ1n) is 5.27. The molecule has 0 radical (unpaired) electrons. The predicted octanol–water partition coefficient (Wildman–Crippen LogP) is 1.14. The zero-order valence-electron chi connectivity index (χ0n) is 9.77. The second kappa shape index (κ2) is 7.22. The predicted molar refractivity (Wildman–Crippen MR) is 62.5 cm³/mol. The van der Waals surface area contributed by atoms with Crippen LogP contribution in [0.25, 0.3) is 0 Å². The van der Waals surface area contributed by atoms with Crippen LogP contribution >= 0.6 is 0 Å². The molecule has 0 aliphatic heterocycles. The Bertz CT molecular complexity index is 304. The van der Waals surface area contributed by atoms with Gasteiger partial charge in [-0.25, -0.2) is 0 Å². The van der Waals surface area contributed by atoms with E-state index in [9.17, 15) is 5.11 Å². The van der Waals surface area contributed by atoms with Crippen LogP contribution in [0.15, 0.2) is 24.3 Å². The average molecular weight is 225 g/mol. The number of hydrogen-bond acceptors (Lipinski definition) is 4. The zero-order valence-corrected chi connectivity index (χ0v) is 9.77. The monoisotopic (exact) mass is 225 g/mol. The number of aromatic hydroxyl groups is 1. The van der Waals surface area contributed by atoms with Crippen molar-refractivity contribution in [2.24, 2.45) is 0 Å². The molecule has 0 fully saturated rings. The van der Waals surface area contributed by atoms with Crippen LogP contribution in [0.1, 0.15) is 5.56 Å². The van der Waals surface area contributed by atoms with Crippen molar-refractivity contribution in [3.8, 4) is 5.75 Å². The fourth-order valence-corrected chi connectivity index (χ4v) is 1.42. The van der Waals surface area contributed by atoms with Gasteiger partial charge in [0.05, 0.1) is 12.7 Å². The Morgan fingerprint density at radius 1 is 1.31 bits per heavy atom. The van der Waals surface area contributed by atoms with Gasteiger partial charge in [-0.05, 0) is 6.07 Å². The Kier molecular flexibility index (Phi) is 5.85. The van der Waals surface area contributed by atoms with Crippen LogP contribution in [0.2, 0.25) is 0 Å². The number of methoxy groups -OCH3 is 2. The summed E-state index contributed by atoms with van der Waals surface area (Å²) in [7, 11) is 3.31. The lowest BCUT2D eigenvalue weighted by Crippen LogP contribution is -2.31. The van der Waals surface area contributed by atoms with Crippen LogP contribution in [0.5, 0.6) is 5.75 Å². The van der Waals surface area contributed by atoms with E-state index in [1.165, 1.54) is 0 Å². The normalized spacial score (nSPS) is 12.6. The Labute approximate surface area is 96.2 Å². The van der Waals surface area contributed by atoms with Crippen molar-refractivity contribution >= 4 is 0 Å². The largest absolute Gasteiger partial charge is 0.508 e. The molecule has 16 heavy (non-hydrogen) atoms. The van der Waals surface area contributed by atoms with Gasteiger partial charge < -0.3 is 19.9 Å². The van der Waals surface area contributed by atoms with Gasteiger partial charge in [0, 0.05) is 32.9 Å². The van der Waals surface area contributed by atoms with Crippen molar-refractivity contribution in [1.82, 2.24) is 5.32 Å². The number of phenolic OH excluding ortho intramolecular Hbond substituents is 1. The second-order valence-corrected chi connectivity index (χ2v) is 3.57. The molecule has 0 aromatic heterocycles. The molecule has 0 aliphatic rings. The summed E-state index contributed by atoms with van der Waals surface area (Å²) in [5.74, 6) is 0.315. The molecule has 0 heterocycles. The molecule has 1 aromatic carbocycles. The molecule has 90 valence electrons. The third-order valence-electron chi connectivity index (χ3n) is 2.36. The van der Waals surface area contributed by atoms with E-state index in [1.807, 2.05) is 18.2 Å². The molecule has 0 bridgehead atoms. The average Bonchev–Trinajstić information content (AvgIpc) is 2.30. The summed E-state index contributed by atoms with van der Waals surface area (Å²) in [6.45, 7) is 1.87. The van der Waals surface area contributed by atoms with Crippen molar-refractivity contribution in [3.05, 3.63) is 29.8 Å². The van der Waals surface area contributed by atoms with Crippen molar-refractivity contribution in [3.63, 3.8) is 0 Å². The second-order valence-electron chi connectivity index (χ2n) is 3.57. The standard InChI is InChI=1S/C12H19NO3/c1-15-9-11(16-2)8-13-7-10-5-3-4-6-12(10)14/h3-6,11,13-14H,7-9H2,1-2H3. The van der Waals surface area contributed by atoms with E-state index in [1.54, 1.807) is 20.3 Å². The smallest absolute Gasteiger partial charge is 0.120 e. The van der Waals surface area contributed by atoms with E-state index in [2.05, 4.69) is 5.32 Å².